The first-order chi connectivity index (χ1) is 8.31. The lowest BCUT2D eigenvalue weighted by atomic mass is 10.1. The zero-order valence-corrected chi connectivity index (χ0v) is 11.6. The molecule has 1 rings (SSSR count). The quantitative estimate of drug-likeness (QED) is 0.666. The Kier molecular flexibility index (Phi) is 6.94. The van der Waals surface area contributed by atoms with Gasteiger partial charge in [0.25, 0.3) is 0 Å². The van der Waals surface area contributed by atoms with E-state index in [0.29, 0.717) is 6.04 Å². The molecular weight excluding hydrogens is 210 g/mol. The van der Waals surface area contributed by atoms with E-state index >= 15 is 0 Å². The van der Waals surface area contributed by atoms with Crippen molar-refractivity contribution in [1.29, 1.82) is 0 Å². The molecule has 0 aliphatic rings. The van der Waals surface area contributed by atoms with Crippen LogP contribution in [0.1, 0.15) is 64.0 Å². The van der Waals surface area contributed by atoms with Gasteiger partial charge in [-0.2, -0.15) is 5.10 Å². The van der Waals surface area contributed by atoms with Crippen LogP contribution in [0.15, 0.2) is 12.4 Å². The first-order valence-corrected chi connectivity index (χ1v) is 7.01. The normalized spacial score (nSPS) is 12.9. The van der Waals surface area contributed by atoms with Crippen molar-refractivity contribution in [3.05, 3.63) is 18.0 Å². The lowest BCUT2D eigenvalue weighted by Crippen LogP contribution is -2.14. The molecule has 0 amide bonds. The van der Waals surface area contributed by atoms with E-state index in [1.165, 1.54) is 37.7 Å². The Morgan fingerprint density at radius 2 is 2.00 bits per heavy atom. The second-order valence-corrected chi connectivity index (χ2v) is 4.70. The number of hydrogen-bond donors (Lipinski definition) is 1. The third-order valence-electron chi connectivity index (χ3n) is 3.30. The number of hydrogen-bond acceptors (Lipinski definition) is 2. The first kappa shape index (κ1) is 14.2. The molecule has 1 heterocycles. The van der Waals surface area contributed by atoms with Gasteiger partial charge in [-0.3, -0.25) is 4.68 Å². The highest BCUT2D eigenvalue weighted by molar-refractivity contribution is 5.09. The molecule has 0 saturated heterocycles. The average Bonchev–Trinajstić information content (AvgIpc) is 2.79. The van der Waals surface area contributed by atoms with Crippen LogP contribution < -0.4 is 5.32 Å². The summed E-state index contributed by atoms with van der Waals surface area (Å²) in [6.45, 7) is 5.51. The Bertz CT molecular complexity index is 289. The minimum absolute atomic E-state index is 0.448. The predicted molar refractivity (Wildman–Crippen MR) is 73.1 cm³/mol. The van der Waals surface area contributed by atoms with Crippen molar-refractivity contribution < 1.29 is 0 Å². The van der Waals surface area contributed by atoms with Crippen molar-refractivity contribution >= 4 is 0 Å². The highest BCUT2D eigenvalue weighted by atomic mass is 15.3. The first-order valence-electron chi connectivity index (χ1n) is 7.01. The minimum Gasteiger partial charge on any atom is -0.313 e. The zero-order chi connectivity index (χ0) is 12.5. The molecule has 1 aromatic heterocycles. The molecule has 0 bridgehead atoms. The van der Waals surface area contributed by atoms with E-state index in [1.54, 1.807) is 0 Å². The van der Waals surface area contributed by atoms with Gasteiger partial charge in [0.2, 0.25) is 0 Å². The number of nitrogens with one attached hydrogen (secondary N) is 1. The monoisotopic (exact) mass is 237 g/mol. The molecule has 0 aliphatic heterocycles. The van der Waals surface area contributed by atoms with Crippen molar-refractivity contribution in [1.82, 2.24) is 15.1 Å². The molecule has 3 heteroatoms. The van der Waals surface area contributed by atoms with Crippen LogP contribution in [0.2, 0.25) is 0 Å². The highest BCUT2D eigenvalue weighted by Crippen LogP contribution is 2.15. The summed E-state index contributed by atoms with van der Waals surface area (Å²) >= 11 is 0. The van der Waals surface area contributed by atoms with E-state index in [9.17, 15) is 0 Å². The lowest BCUT2D eigenvalue weighted by molar-refractivity contribution is 0.530. The van der Waals surface area contributed by atoms with Gasteiger partial charge >= 0.3 is 0 Å². The Morgan fingerprint density at radius 3 is 2.65 bits per heavy atom. The Morgan fingerprint density at radius 1 is 1.24 bits per heavy atom. The molecule has 1 unspecified atom stereocenters. The highest BCUT2D eigenvalue weighted by Gasteiger charge is 2.08. The molecular formula is C14H27N3. The molecule has 1 N–H and O–H groups in total. The van der Waals surface area contributed by atoms with Crippen LogP contribution in [0.4, 0.5) is 0 Å². The van der Waals surface area contributed by atoms with E-state index in [1.807, 2.05) is 13.2 Å². The maximum atomic E-state index is 4.43. The number of aryl methyl sites for hydroxylation is 1. The summed E-state index contributed by atoms with van der Waals surface area (Å²) in [7, 11) is 2.01. The molecule has 0 radical (unpaired) electrons. The van der Waals surface area contributed by atoms with Gasteiger partial charge in [0.05, 0.1) is 6.20 Å². The molecule has 0 saturated carbocycles. The fourth-order valence-corrected chi connectivity index (χ4v) is 2.17. The smallest absolute Gasteiger partial charge is 0.0537 e. The lowest BCUT2D eigenvalue weighted by Gasteiger charge is -2.10. The SMILES string of the molecule is CCCCCCCn1cc(C(CC)NC)cn1. The Labute approximate surface area is 106 Å². The molecule has 3 nitrogen and oxygen atoms in total. The predicted octanol–water partition coefficient (Wildman–Crippen LogP) is 3.52. The molecule has 0 aromatic carbocycles. The fourth-order valence-electron chi connectivity index (χ4n) is 2.17. The van der Waals surface area contributed by atoms with Gasteiger partial charge in [-0.15, -0.1) is 0 Å². The van der Waals surface area contributed by atoms with E-state index in [0.717, 1.165) is 13.0 Å². The molecule has 1 atom stereocenters. The van der Waals surface area contributed by atoms with E-state index < -0.39 is 0 Å². The molecule has 17 heavy (non-hydrogen) atoms. The van der Waals surface area contributed by atoms with Gasteiger partial charge in [-0.1, -0.05) is 39.5 Å². The van der Waals surface area contributed by atoms with Gasteiger partial charge in [0.1, 0.15) is 0 Å². The third-order valence-corrected chi connectivity index (χ3v) is 3.30. The zero-order valence-electron chi connectivity index (χ0n) is 11.6. The largest absolute Gasteiger partial charge is 0.313 e. The van der Waals surface area contributed by atoms with Gasteiger partial charge in [0, 0.05) is 24.3 Å². The molecule has 0 fully saturated rings. The summed E-state index contributed by atoms with van der Waals surface area (Å²) in [5.74, 6) is 0. The van der Waals surface area contributed by atoms with Crippen molar-refractivity contribution in [2.45, 2.75) is 65.0 Å². The summed E-state index contributed by atoms with van der Waals surface area (Å²) in [5, 5.41) is 7.74. The average molecular weight is 237 g/mol. The second-order valence-electron chi connectivity index (χ2n) is 4.70. The third kappa shape index (κ3) is 4.90. The summed E-state index contributed by atoms with van der Waals surface area (Å²) in [5.41, 5.74) is 1.31. The molecule has 98 valence electrons. The Hall–Kier alpha value is -0.830. The van der Waals surface area contributed by atoms with Crippen LogP contribution in [-0.4, -0.2) is 16.8 Å². The van der Waals surface area contributed by atoms with Crippen molar-refractivity contribution in [3.63, 3.8) is 0 Å². The topological polar surface area (TPSA) is 29.9 Å². The van der Waals surface area contributed by atoms with Gasteiger partial charge in [-0.05, 0) is 19.9 Å². The van der Waals surface area contributed by atoms with E-state index in [-0.39, 0.29) is 0 Å². The summed E-state index contributed by atoms with van der Waals surface area (Å²) < 4.78 is 2.08. The summed E-state index contributed by atoms with van der Waals surface area (Å²) in [6.07, 6.45) is 11.9. The van der Waals surface area contributed by atoms with Crippen LogP contribution >= 0.6 is 0 Å². The fraction of sp³-hybridized carbons (Fsp3) is 0.786. The maximum absolute atomic E-state index is 4.43. The number of nitrogens with zero attached hydrogens (tertiary/aromatic N) is 2. The molecule has 0 aliphatic carbocycles. The Balaban J connectivity index is 2.30. The van der Waals surface area contributed by atoms with E-state index in [4.69, 9.17) is 0 Å². The van der Waals surface area contributed by atoms with Crippen molar-refractivity contribution in [3.8, 4) is 0 Å². The molecule has 0 spiro atoms. The van der Waals surface area contributed by atoms with E-state index in [2.05, 4.69) is 35.1 Å². The van der Waals surface area contributed by atoms with Crippen LogP contribution in [0, 0.1) is 0 Å². The van der Waals surface area contributed by atoms with Gasteiger partial charge in [-0.25, -0.2) is 0 Å². The van der Waals surface area contributed by atoms with Gasteiger partial charge < -0.3 is 5.32 Å². The number of aromatic nitrogens is 2. The van der Waals surface area contributed by atoms with Crippen molar-refractivity contribution in [2.24, 2.45) is 0 Å². The maximum Gasteiger partial charge on any atom is 0.0537 e. The van der Waals surface area contributed by atoms with Crippen molar-refractivity contribution in [2.75, 3.05) is 7.05 Å². The van der Waals surface area contributed by atoms with Crippen LogP contribution in [0.3, 0.4) is 0 Å². The minimum atomic E-state index is 0.448. The van der Waals surface area contributed by atoms with Crippen LogP contribution in [0.25, 0.3) is 0 Å². The van der Waals surface area contributed by atoms with Crippen LogP contribution in [-0.2, 0) is 6.54 Å². The summed E-state index contributed by atoms with van der Waals surface area (Å²) in [6, 6.07) is 0.448. The second kappa shape index (κ2) is 8.29. The summed E-state index contributed by atoms with van der Waals surface area (Å²) in [4.78, 5) is 0. The molecule has 1 aromatic rings. The van der Waals surface area contributed by atoms with Gasteiger partial charge in [0.15, 0.2) is 0 Å². The van der Waals surface area contributed by atoms with Crippen LogP contribution in [0.5, 0.6) is 0 Å². The number of rotatable bonds is 9. The standard InChI is InChI=1S/C14H27N3/c1-4-6-7-8-9-10-17-12-13(11-16-17)14(5-2)15-3/h11-12,14-15H,4-10H2,1-3H3. The number of unbranched alkanes of at least 4 members (excludes halogenated alkanes) is 4.